The summed E-state index contributed by atoms with van der Waals surface area (Å²) in [4.78, 5) is 11.1. The summed E-state index contributed by atoms with van der Waals surface area (Å²) in [5.74, 6) is -1.33. The maximum absolute atomic E-state index is 11.9. The second-order valence-corrected chi connectivity index (χ2v) is 5.55. The molecule has 1 aromatic heterocycles. The Morgan fingerprint density at radius 1 is 1.37 bits per heavy atom. The first-order valence-electron chi connectivity index (χ1n) is 4.96. The molecule has 0 aliphatic carbocycles. The van der Waals surface area contributed by atoms with Gasteiger partial charge in [0.15, 0.2) is 5.03 Å². The van der Waals surface area contributed by atoms with E-state index < -0.39 is 16.0 Å². The lowest BCUT2D eigenvalue weighted by atomic mass is 10.2. The third kappa shape index (κ3) is 2.69. The maximum Gasteiger partial charge on any atom is 0.339 e. The molecular weight excluding hydrogens is 294 g/mol. The number of carboxylic acids is 1. The molecule has 19 heavy (non-hydrogen) atoms. The maximum atomic E-state index is 11.9. The molecule has 1 aromatic carbocycles. The van der Waals surface area contributed by atoms with E-state index in [1.165, 1.54) is 30.5 Å². The first-order valence-corrected chi connectivity index (χ1v) is 6.82. The van der Waals surface area contributed by atoms with Gasteiger partial charge in [-0.05, 0) is 18.2 Å². The van der Waals surface area contributed by atoms with Crippen LogP contribution in [0.2, 0.25) is 5.02 Å². The van der Waals surface area contributed by atoms with Crippen molar-refractivity contribution >= 4 is 33.3 Å². The molecule has 0 aliphatic rings. The first kappa shape index (κ1) is 13.4. The standard InChI is InChI=1S/C10H8ClN3O4S/c11-6-2-1-3-7(9(6)10(15)16)14-19(17,18)8-4-5-12-13-8/h1-5,14H,(H,12,13)(H,15,16). The van der Waals surface area contributed by atoms with E-state index in [0.717, 1.165) is 0 Å². The van der Waals surface area contributed by atoms with Crippen LogP contribution in [-0.2, 0) is 10.0 Å². The molecule has 0 fully saturated rings. The number of hydrogen-bond donors (Lipinski definition) is 3. The van der Waals surface area contributed by atoms with Crippen molar-refractivity contribution in [3.63, 3.8) is 0 Å². The number of anilines is 1. The fourth-order valence-electron chi connectivity index (χ4n) is 1.42. The van der Waals surface area contributed by atoms with E-state index in [1.54, 1.807) is 0 Å². The third-order valence-electron chi connectivity index (χ3n) is 2.24. The van der Waals surface area contributed by atoms with Crippen LogP contribution in [0, 0.1) is 0 Å². The van der Waals surface area contributed by atoms with E-state index in [4.69, 9.17) is 16.7 Å². The van der Waals surface area contributed by atoms with Crippen molar-refractivity contribution < 1.29 is 18.3 Å². The van der Waals surface area contributed by atoms with Crippen molar-refractivity contribution in [3.05, 3.63) is 41.0 Å². The average molecular weight is 302 g/mol. The Labute approximate surface area is 113 Å². The molecule has 7 nitrogen and oxygen atoms in total. The first-order chi connectivity index (χ1) is 8.92. The van der Waals surface area contributed by atoms with Gasteiger partial charge in [0.05, 0.1) is 16.9 Å². The van der Waals surface area contributed by atoms with Crippen molar-refractivity contribution in [1.29, 1.82) is 0 Å². The Morgan fingerprint density at radius 3 is 2.68 bits per heavy atom. The van der Waals surface area contributed by atoms with Gasteiger partial charge in [-0.25, -0.2) is 4.79 Å². The Bertz CT molecular complexity index is 712. The predicted octanol–water partition coefficient (Wildman–Crippen LogP) is 1.56. The monoisotopic (exact) mass is 301 g/mol. The molecule has 0 unspecified atom stereocenters. The Balaban J connectivity index is 2.45. The summed E-state index contributed by atoms with van der Waals surface area (Å²) in [5.41, 5.74) is -0.429. The highest BCUT2D eigenvalue weighted by molar-refractivity contribution is 7.92. The number of sulfonamides is 1. The minimum Gasteiger partial charge on any atom is -0.478 e. The van der Waals surface area contributed by atoms with Crippen molar-refractivity contribution in [3.8, 4) is 0 Å². The molecule has 100 valence electrons. The molecule has 2 rings (SSSR count). The van der Waals surface area contributed by atoms with E-state index in [-0.39, 0.29) is 21.3 Å². The van der Waals surface area contributed by atoms with Crippen LogP contribution in [-0.4, -0.2) is 29.7 Å². The minimum atomic E-state index is -3.93. The minimum absolute atomic E-state index is 0.0580. The Kier molecular flexibility index (Phi) is 3.45. The van der Waals surface area contributed by atoms with Gasteiger partial charge in [0.2, 0.25) is 0 Å². The van der Waals surface area contributed by atoms with Crippen LogP contribution in [0.3, 0.4) is 0 Å². The molecule has 3 N–H and O–H groups in total. The fraction of sp³-hybridized carbons (Fsp3) is 0. The van der Waals surface area contributed by atoms with Crippen molar-refractivity contribution in [2.75, 3.05) is 4.72 Å². The number of nitrogens with one attached hydrogen (secondary N) is 2. The zero-order valence-corrected chi connectivity index (χ0v) is 10.9. The molecule has 0 radical (unpaired) electrons. The fourth-order valence-corrected chi connectivity index (χ4v) is 2.66. The van der Waals surface area contributed by atoms with Gasteiger partial charge in [0.25, 0.3) is 10.0 Å². The summed E-state index contributed by atoms with van der Waals surface area (Å²) in [6.45, 7) is 0. The quantitative estimate of drug-likeness (QED) is 0.793. The van der Waals surface area contributed by atoms with Gasteiger partial charge in [-0.1, -0.05) is 17.7 Å². The lowest BCUT2D eigenvalue weighted by Gasteiger charge is -2.10. The number of hydrogen-bond acceptors (Lipinski definition) is 4. The third-order valence-corrected chi connectivity index (χ3v) is 3.85. The van der Waals surface area contributed by atoms with E-state index in [1.807, 2.05) is 0 Å². The zero-order valence-electron chi connectivity index (χ0n) is 9.29. The number of halogens is 1. The second kappa shape index (κ2) is 4.90. The number of benzene rings is 1. The summed E-state index contributed by atoms with van der Waals surface area (Å²) in [5, 5.41) is 14.6. The van der Waals surface area contributed by atoms with Crippen LogP contribution < -0.4 is 4.72 Å². The highest BCUT2D eigenvalue weighted by atomic mass is 35.5. The topological polar surface area (TPSA) is 112 Å². The van der Waals surface area contributed by atoms with E-state index in [9.17, 15) is 13.2 Å². The molecule has 0 bridgehead atoms. The molecule has 0 spiro atoms. The number of aromatic nitrogens is 2. The molecule has 0 aliphatic heterocycles. The van der Waals surface area contributed by atoms with Crippen LogP contribution >= 0.6 is 11.6 Å². The highest BCUT2D eigenvalue weighted by Gasteiger charge is 2.21. The molecule has 1 heterocycles. The van der Waals surface area contributed by atoms with Gasteiger partial charge in [0.1, 0.15) is 5.56 Å². The SMILES string of the molecule is O=C(O)c1c(Cl)cccc1NS(=O)(=O)c1ccn[nH]1. The molecule has 0 saturated heterocycles. The lowest BCUT2D eigenvalue weighted by Crippen LogP contribution is -2.16. The number of rotatable bonds is 4. The molecule has 2 aromatic rings. The van der Waals surface area contributed by atoms with Crippen LogP contribution in [0.25, 0.3) is 0 Å². The number of carboxylic acid groups (broad SMARTS) is 1. The molecule has 9 heteroatoms. The van der Waals surface area contributed by atoms with Crippen LogP contribution in [0.1, 0.15) is 10.4 Å². The van der Waals surface area contributed by atoms with Gasteiger partial charge in [-0.2, -0.15) is 13.5 Å². The van der Waals surface area contributed by atoms with Gasteiger partial charge in [-0.3, -0.25) is 9.82 Å². The summed E-state index contributed by atoms with van der Waals surface area (Å²) in [7, 11) is -3.93. The van der Waals surface area contributed by atoms with Gasteiger partial charge >= 0.3 is 5.97 Å². The van der Waals surface area contributed by atoms with Crippen LogP contribution in [0.5, 0.6) is 0 Å². The summed E-state index contributed by atoms with van der Waals surface area (Å²) >= 11 is 5.74. The van der Waals surface area contributed by atoms with Crippen LogP contribution in [0.15, 0.2) is 35.5 Å². The molecule has 0 atom stereocenters. The van der Waals surface area contributed by atoms with E-state index in [2.05, 4.69) is 14.9 Å². The normalized spacial score (nSPS) is 11.2. The largest absolute Gasteiger partial charge is 0.478 e. The Hall–Kier alpha value is -2.06. The molecule has 0 amide bonds. The van der Waals surface area contributed by atoms with Crippen molar-refractivity contribution in [1.82, 2.24) is 10.2 Å². The van der Waals surface area contributed by atoms with Gasteiger partial charge in [0, 0.05) is 0 Å². The Morgan fingerprint density at radius 2 is 2.11 bits per heavy atom. The molecular formula is C10H8ClN3O4S. The second-order valence-electron chi connectivity index (χ2n) is 3.49. The number of aromatic amines is 1. The summed E-state index contributed by atoms with van der Waals surface area (Å²) < 4.78 is 26.0. The van der Waals surface area contributed by atoms with Crippen LogP contribution in [0.4, 0.5) is 5.69 Å². The van der Waals surface area contributed by atoms with E-state index >= 15 is 0 Å². The smallest absolute Gasteiger partial charge is 0.339 e. The van der Waals surface area contributed by atoms with Crippen molar-refractivity contribution in [2.24, 2.45) is 0 Å². The summed E-state index contributed by atoms with van der Waals surface area (Å²) in [6, 6.07) is 5.36. The lowest BCUT2D eigenvalue weighted by molar-refractivity contribution is 0.0698. The number of aromatic carboxylic acids is 1. The number of H-pyrrole nitrogens is 1. The predicted molar refractivity (Wildman–Crippen MR) is 67.8 cm³/mol. The molecule has 0 saturated carbocycles. The highest BCUT2D eigenvalue weighted by Crippen LogP contribution is 2.26. The number of nitrogens with zero attached hydrogens (tertiary/aromatic N) is 1. The average Bonchev–Trinajstić information content (AvgIpc) is 2.81. The van der Waals surface area contributed by atoms with E-state index in [0.29, 0.717) is 0 Å². The number of carbonyl (C=O) groups is 1. The zero-order chi connectivity index (χ0) is 14.0. The van der Waals surface area contributed by atoms with Gasteiger partial charge in [-0.15, -0.1) is 0 Å². The summed E-state index contributed by atoms with van der Waals surface area (Å²) in [6.07, 6.45) is 1.27. The van der Waals surface area contributed by atoms with Crippen molar-refractivity contribution in [2.45, 2.75) is 5.03 Å². The van der Waals surface area contributed by atoms with Gasteiger partial charge < -0.3 is 5.11 Å².